The zero-order chi connectivity index (χ0) is 16.4. The minimum absolute atomic E-state index is 0.153. The quantitative estimate of drug-likeness (QED) is 0.783. The van der Waals surface area contributed by atoms with Crippen LogP contribution in [0.2, 0.25) is 5.02 Å². The summed E-state index contributed by atoms with van der Waals surface area (Å²) in [6, 6.07) is 13.6. The minimum Gasteiger partial charge on any atom is -0.277 e. The van der Waals surface area contributed by atoms with E-state index in [2.05, 4.69) is 9.82 Å². The largest absolute Gasteiger partial charge is 0.277 e. The number of sulfonamides is 1. The molecular formula is C16H14ClN3O2S. The van der Waals surface area contributed by atoms with Gasteiger partial charge in [0.25, 0.3) is 10.0 Å². The van der Waals surface area contributed by atoms with Crippen molar-refractivity contribution in [1.29, 1.82) is 0 Å². The number of nitrogens with one attached hydrogen (secondary N) is 1. The number of hydrogen-bond donors (Lipinski definition) is 1. The van der Waals surface area contributed by atoms with Crippen LogP contribution in [0.1, 0.15) is 5.56 Å². The summed E-state index contributed by atoms with van der Waals surface area (Å²) in [4.78, 5) is 0.153. The topological polar surface area (TPSA) is 64.0 Å². The summed E-state index contributed by atoms with van der Waals surface area (Å²) in [7, 11) is -3.76. The first kappa shape index (κ1) is 15.6. The van der Waals surface area contributed by atoms with E-state index in [1.165, 1.54) is 6.07 Å². The molecule has 1 N–H and O–H groups in total. The first-order valence-corrected chi connectivity index (χ1v) is 8.71. The molecule has 23 heavy (non-hydrogen) atoms. The molecule has 2 aromatic carbocycles. The predicted molar refractivity (Wildman–Crippen MR) is 90.6 cm³/mol. The Bertz CT molecular complexity index is 938. The Labute approximate surface area is 139 Å². The summed E-state index contributed by atoms with van der Waals surface area (Å²) < 4.78 is 29.6. The van der Waals surface area contributed by atoms with Gasteiger partial charge in [0, 0.05) is 17.4 Å². The highest BCUT2D eigenvalue weighted by Crippen LogP contribution is 2.26. The van der Waals surface area contributed by atoms with Gasteiger partial charge in [-0.1, -0.05) is 29.8 Å². The third-order valence-corrected chi connectivity index (χ3v) is 5.08. The smallest absolute Gasteiger partial charge is 0.262 e. The van der Waals surface area contributed by atoms with Gasteiger partial charge in [-0.3, -0.25) is 4.72 Å². The second-order valence-electron chi connectivity index (χ2n) is 4.98. The second-order valence-corrected chi connectivity index (χ2v) is 7.07. The lowest BCUT2D eigenvalue weighted by molar-refractivity contribution is 0.600. The molecule has 0 saturated heterocycles. The van der Waals surface area contributed by atoms with Crippen LogP contribution >= 0.6 is 11.6 Å². The molecule has 0 unspecified atom stereocenters. The van der Waals surface area contributed by atoms with Crippen LogP contribution in [-0.2, 0) is 10.0 Å². The Morgan fingerprint density at radius 2 is 1.91 bits per heavy atom. The maximum atomic E-state index is 12.7. The van der Waals surface area contributed by atoms with E-state index in [1.807, 2.05) is 6.07 Å². The van der Waals surface area contributed by atoms with Gasteiger partial charge >= 0.3 is 0 Å². The van der Waals surface area contributed by atoms with Crippen LogP contribution in [0.3, 0.4) is 0 Å². The molecule has 1 aromatic heterocycles. The Balaban J connectivity index is 2.04. The predicted octanol–water partition coefficient (Wildman–Crippen LogP) is 3.63. The average Bonchev–Trinajstić information content (AvgIpc) is 3.04. The maximum Gasteiger partial charge on any atom is 0.262 e. The monoisotopic (exact) mass is 347 g/mol. The maximum absolute atomic E-state index is 12.7. The van der Waals surface area contributed by atoms with Gasteiger partial charge in [0.1, 0.15) is 0 Å². The van der Waals surface area contributed by atoms with Gasteiger partial charge in [0.05, 0.1) is 16.3 Å². The molecule has 0 radical (unpaired) electrons. The molecule has 0 spiro atoms. The van der Waals surface area contributed by atoms with Crippen molar-refractivity contribution in [3.63, 3.8) is 0 Å². The summed E-state index contributed by atoms with van der Waals surface area (Å²) >= 11 is 5.93. The summed E-state index contributed by atoms with van der Waals surface area (Å²) in [5.41, 5.74) is 1.70. The number of aromatic nitrogens is 2. The lowest BCUT2D eigenvalue weighted by atomic mass is 10.2. The number of benzene rings is 2. The van der Waals surface area contributed by atoms with Gasteiger partial charge in [-0.2, -0.15) is 5.10 Å². The zero-order valence-electron chi connectivity index (χ0n) is 12.3. The van der Waals surface area contributed by atoms with E-state index < -0.39 is 10.0 Å². The van der Waals surface area contributed by atoms with Crippen LogP contribution in [-0.4, -0.2) is 18.2 Å². The summed E-state index contributed by atoms with van der Waals surface area (Å²) in [6.07, 6.45) is 3.38. The van der Waals surface area contributed by atoms with Crippen molar-refractivity contribution >= 4 is 27.3 Å². The summed E-state index contributed by atoms with van der Waals surface area (Å²) in [5, 5.41) is 4.51. The normalized spacial score (nSPS) is 11.4. The zero-order valence-corrected chi connectivity index (χ0v) is 13.8. The third kappa shape index (κ3) is 3.23. The molecule has 3 rings (SSSR count). The van der Waals surface area contributed by atoms with Crippen molar-refractivity contribution in [2.75, 3.05) is 4.72 Å². The Morgan fingerprint density at radius 1 is 1.13 bits per heavy atom. The van der Waals surface area contributed by atoms with Crippen molar-refractivity contribution in [3.8, 4) is 5.69 Å². The first-order chi connectivity index (χ1) is 11.0. The summed E-state index contributed by atoms with van der Waals surface area (Å²) in [5.74, 6) is 0. The van der Waals surface area contributed by atoms with E-state index in [9.17, 15) is 8.42 Å². The number of halogens is 1. The van der Waals surface area contributed by atoms with E-state index >= 15 is 0 Å². The molecule has 0 amide bonds. The second kappa shape index (κ2) is 6.06. The van der Waals surface area contributed by atoms with Gasteiger partial charge in [0.2, 0.25) is 0 Å². The van der Waals surface area contributed by atoms with Crippen molar-refractivity contribution in [1.82, 2.24) is 9.78 Å². The number of rotatable bonds is 4. The SMILES string of the molecule is Cc1ccc(Cl)cc1S(=O)(=O)Nc1ccccc1-n1cccn1. The van der Waals surface area contributed by atoms with Crippen molar-refractivity contribution in [2.45, 2.75) is 11.8 Å². The van der Waals surface area contributed by atoms with Crippen LogP contribution in [0.25, 0.3) is 5.69 Å². The molecule has 3 aromatic rings. The van der Waals surface area contributed by atoms with E-state index in [4.69, 9.17) is 11.6 Å². The highest BCUT2D eigenvalue weighted by molar-refractivity contribution is 7.92. The number of nitrogens with zero attached hydrogens (tertiary/aromatic N) is 2. The minimum atomic E-state index is -3.76. The molecule has 7 heteroatoms. The molecule has 0 aliphatic carbocycles. The number of anilines is 1. The number of hydrogen-bond acceptors (Lipinski definition) is 3. The van der Waals surface area contributed by atoms with Crippen LogP contribution < -0.4 is 4.72 Å². The van der Waals surface area contributed by atoms with Crippen LogP contribution in [0.15, 0.2) is 65.8 Å². The van der Waals surface area contributed by atoms with E-state index in [0.717, 1.165) is 0 Å². The number of aryl methyl sites for hydroxylation is 1. The van der Waals surface area contributed by atoms with Crippen molar-refractivity contribution in [2.24, 2.45) is 0 Å². The van der Waals surface area contributed by atoms with Gasteiger partial charge in [0.15, 0.2) is 0 Å². The van der Waals surface area contributed by atoms with E-state index in [1.54, 1.807) is 60.4 Å². The fourth-order valence-corrected chi connectivity index (χ4v) is 3.82. The summed E-state index contributed by atoms with van der Waals surface area (Å²) in [6.45, 7) is 1.73. The van der Waals surface area contributed by atoms with Gasteiger partial charge in [-0.05, 0) is 42.8 Å². The Kier molecular flexibility index (Phi) is 4.11. The van der Waals surface area contributed by atoms with Gasteiger partial charge in [-0.25, -0.2) is 13.1 Å². The molecular weight excluding hydrogens is 334 g/mol. The molecule has 0 fully saturated rings. The molecule has 0 aliphatic rings. The molecule has 0 bridgehead atoms. The highest BCUT2D eigenvalue weighted by atomic mass is 35.5. The fourth-order valence-electron chi connectivity index (χ4n) is 2.23. The van der Waals surface area contributed by atoms with Crippen molar-refractivity contribution < 1.29 is 8.42 Å². The fraction of sp³-hybridized carbons (Fsp3) is 0.0625. The Morgan fingerprint density at radius 3 is 2.65 bits per heavy atom. The molecule has 0 aliphatic heterocycles. The molecule has 0 atom stereocenters. The van der Waals surface area contributed by atoms with Gasteiger partial charge < -0.3 is 0 Å². The van der Waals surface area contributed by atoms with Crippen LogP contribution in [0, 0.1) is 6.92 Å². The average molecular weight is 348 g/mol. The molecule has 5 nitrogen and oxygen atoms in total. The number of para-hydroxylation sites is 2. The molecule has 0 saturated carbocycles. The molecule has 1 heterocycles. The van der Waals surface area contributed by atoms with Crippen molar-refractivity contribution in [3.05, 3.63) is 71.5 Å². The highest BCUT2D eigenvalue weighted by Gasteiger charge is 2.19. The molecule has 118 valence electrons. The third-order valence-electron chi connectivity index (χ3n) is 3.34. The lowest BCUT2D eigenvalue weighted by Gasteiger charge is -2.14. The van der Waals surface area contributed by atoms with E-state index in [-0.39, 0.29) is 4.90 Å². The van der Waals surface area contributed by atoms with E-state index in [0.29, 0.717) is 22.0 Å². The Hall–Kier alpha value is -2.31. The van der Waals surface area contributed by atoms with Gasteiger partial charge in [-0.15, -0.1) is 0 Å². The standard InChI is InChI=1S/C16H14ClN3O2S/c1-12-7-8-13(17)11-16(12)23(21,22)19-14-5-2-3-6-15(14)20-10-4-9-18-20/h2-11,19H,1H3. The van der Waals surface area contributed by atoms with Crippen LogP contribution in [0.4, 0.5) is 5.69 Å². The first-order valence-electron chi connectivity index (χ1n) is 6.85. The van der Waals surface area contributed by atoms with Crippen LogP contribution in [0.5, 0.6) is 0 Å². The lowest BCUT2D eigenvalue weighted by Crippen LogP contribution is -2.16.